The maximum absolute atomic E-state index is 6.18. The molecule has 1 nitrogen and oxygen atoms in total. The van der Waals surface area contributed by atoms with Gasteiger partial charge in [-0.05, 0) is 36.7 Å². The van der Waals surface area contributed by atoms with E-state index >= 15 is 0 Å². The second-order valence-corrected chi connectivity index (χ2v) is 5.69. The summed E-state index contributed by atoms with van der Waals surface area (Å²) >= 11 is 15.7. The normalized spacial score (nSPS) is 11.1. The van der Waals surface area contributed by atoms with E-state index in [0.29, 0.717) is 0 Å². The van der Waals surface area contributed by atoms with Crippen molar-refractivity contribution < 1.29 is 0 Å². The first-order valence-corrected chi connectivity index (χ1v) is 7.77. The van der Waals surface area contributed by atoms with Crippen molar-refractivity contribution in [2.24, 2.45) is 0 Å². The lowest BCUT2D eigenvalue weighted by atomic mass is 10.2. The minimum atomic E-state index is 0.749. The van der Waals surface area contributed by atoms with E-state index in [1.54, 1.807) is 0 Å². The standard InChI is InChI=1S/C13H18BrCl2N/c1-2-3-7-17(8-6-14)10-11-9-12(15)4-5-13(11)16/h4-5,9H,2-3,6-8,10H2,1H3. The van der Waals surface area contributed by atoms with E-state index in [2.05, 4.69) is 27.8 Å². The van der Waals surface area contributed by atoms with Gasteiger partial charge in [-0.15, -0.1) is 0 Å². The van der Waals surface area contributed by atoms with E-state index in [9.17, 15) is 0 Å². The molecule has 1 aromatic carbocycles. The fraction of sp³-hybridized carbons (Fsp3) is 0.538. The van der Waals surface area contributed by atoms with E-state index in [-0.39, 0.29) is 0 Å². The van der Waals surface area contributed by atoms with Crippen molar-refractivity contribution in [1.29, 1.82) is 0 Å². The summed E-state index contributed by atoms with van der Waals surface area (Å²) in [5.41, 5.74) is 1.11. The summed E-state index contributed by atoms with van der Waals surface area (Å²) < 4.78 is 0. The van der Waals surface area contributed by atoms with Gasteiger partial charge < -0.3 is 0 Å². The van der Waals surface area contributed by atoms with Gasteiger partial charge in [-0.25, -0.2) is 0 Å². The molecule has 0 aliphatic carbocycles. The number of hydrogen-bond donors (Lipinski definition) is 0. The molecule has 1 aromatic rings. The first-order valence-electron chi connectivity index (χ1n) is 5.89. The molecule has 0 unspecified atom stereocenters. The number of nitrogens with zero attached hydrogens (tertiary/aromatic N) is 1. The quantitative estimate of drug-likeness (QED) is 0.633. The Hall–Kier alpha value is 0.240. The molecule has 0 fully saturated rings. The Labute approximate surface area is 122 Å². The minimum absolute atomic E-state index is 0.749. The number of unbranched alkanes of at least 4 members (excludes halogenated alkanes) is 1. The minimum Gasteiger partial charge on any atom is -0.298 e. The lowest BCUT2D eigenvalue weighted by Crippen LogP contribution is -2.26. The highest BCUT2D eigenvalue weighted by molar-refractivity contribution is 9.09. The monoisotopic (exact) mass is 337 g/mol. The number of rotatable bonds is 7. The van der Waals surface area contributed by atoms with Crippen LogP contribution in [0, 0.1) is 0 Å². The largest absolute Gasteiger partial charge is 0.298 e. The first kappa shape index (κ1) is 15.3. The molecule has 0 heterocycles. The molecule has 0 aliphatic heterocycles. The van der Waals surface area contributed by atoms with Gasteiger partial charge in [0.05, 0.1) is 0 Å². The summed E-state index contributed by atoms with van der Waals surface area (Å²) in [6.07, 6.45) is 2.42. The summed E-state index contributed by atoms with van der Waals surface area (Å²) in [7, 11) is 0. The number of alkyl halides is 1. The SMILES string of the molecule is CCCCN(CCBr)Cc1cc(Cl)ccc1Cl. The van der Waals surface area contributed by atoms with Crippen molar-refractivity contribution in [3.63, 3.8) is 0 Å². The Kier molecular flexibility index (Phi) is 7.52. The maximum Gasteiger partial charge on any atom is 0.0452 e. The van der Waals surface area contributed by atoms with Crippen LogP contribution in [0.5, 0.6) is 0 Å². The summed E-state index contributed by atoms with van der Waals surface area (Å²) in [5, 5.41) is 2.53. The highest BCUT2D eigenvalue weighted by Gasteiger charge is 2.08. The van der Waals surface area contributed by atoms with Crippen molar-refractivity contribution in [2.45, 2.75) is 26.3 Å². The van der Waals surface area contributed by atoms with Gasteiger partial charge in [0.1, 0.15) is 0 Å². The predicted octanol–water partition coefficient (Wildman–Crippen LogP) is 4.99. The van der Waals surface area contributed by atoms with Crippen molar-refractivity contribution in [2.75, 3.05) is 18.4 Å². The molecule has 0 saturated heterocycles. The highest BCUT2D eigenvalue weighted by Crippen LogP contribution is 2.22. The van der Waals surface area contributed by atoms with Gasteiger partial charge in [0.25, 0.3) is 0 Å². The predicted molar refractivity (Wildman–Crippen MR) is 80.4 cm³/mol. The molecule has 0 spiro atoms. The molecule has 0 saturated carbocycles. The lowest BCUT2D eigenvalue weighted by Gasteiger charge is -2.21. The molecule has 17 heavy (non-hydrogen) atoms. The third-order valence-corrected chi connectivity index (χ3v) is 3.59. The van der Waals surface area contributed by atoms with Gasteiger partial charge in [0.2, 0.25) is 0 Å². The van der Waals surface area contributed by atoms with E-state index in [1.807, 2.05) is 18.2 Å². The fourth-order valence-corrected chi connectivity index (χ4v) is 2.55. The fourth-order valence-electron chi connectivity index (χ4n) is 1.68. The number of benzene rings is 1. The maximum atomic E-state index is 6.18. The molecule has 4 heteroatoms. The van der Waals surface area contributed by atoms with E-state index in [0.717, 1.165) is 40.6 Å². The Morgan fingerprint density at radius 1 is 1.24 bits per heavy atom. The van der Waals surface area contributed by atoms with Crippen LogP contribution < -0.4 is 0 Å². The zero-order valence-electron chi connectivity index (χ0n) is 10.1. The summed E-state index contributed by atoms with van der Waals surface area (Å²) in [6, 6.07) is 5.65. The van der Waals surface area contributed by atoms with Crippen molar-refractivity contribution in [3.05, 3.63) is 33.8 Å². The summed E-state index contributed by atoms with van der Waals surface area (Å²) in [5.74, 6) is 0. The van der Waals surface area contributed by atoms with E-state index in [4.69, 9.17) is 23.2 Å². The topological polar surface area (TPSA) is 3.24 Å². The van der Waals surface area contributed by atoms with Crippen molar-refractivity contribution in [1.82, 2.24) is 4.90 Å². The van der Waals surface area contributed by atoms with Crippen LogP contribution in [0.1, 0.15) is 25.3 Å². The number of hydrogen-bond acceptors (Lipinski definition) is 1. The average molecular weight is 339 g/mol. The van der Waals surface area contributed by atoms with Crippen molar-refractivity contribution in [3.8, 4) is 0 Å². The summed E-state index contributed by atoms with van der Waals surface area (Å²) in [6.45, 7) is 5.21. The van der Waals surface area contributed by atoms with E-state index in [1.165, 1.54) is 12.8 Å². The molecule has 1 rings (SSSR count). The zero-order valence-corrected chi connectivity index (χ0v) is 13.2. The van der Waals surface area contributed by atoms with Crippen LogP contribution in [-0.2, 0) is 6.54 Å². The molecular formula is C13H18BrCl2N. The van der Waals surface area contributed by atoms with Crippen molar-refractivity contribution >= 4 is 39.1 Å². The Morgan fingerprint density at radius 2 is 2.00 bits per heavy atom. The van der Waals surface area contributed by atoms with Gasteiger partial charge >= 0.3 is 0 Å². The molecule has 96 valence electrons. The van der Waals surface area contributed by atoms with Crippen LogP contribution in [0.4, 0.5) is 0 Å². The molecular weight excluding hydrogens is 321 g/mol. The lowest BCUT2D eigenvalue weighted by molar-refractivity contribution is 0.278. The molecule has 0 N–H and O–H groups in total. The molecule has 0 aromatic heterocycles. The van der Waals surface area contributed by atoms with Gasteiger partial charge in [-0.1, -0.05) is 52.5 Å². The third-order valence-electron chi connectivity index (χ3n) is 2.63. The molecule has 0 radical (unpaired) electrons. The van der Waals surface area contributed by atoms with Crippen LogP contribution in [0.2, 0.25) is 10.0 Å². The van der Waals surface area contributed by atoms with Crippen LogP contribution in [0.3, 0.4) is 0 Å². The van der Waals surface area contributed by atoms with Gasteiger partial charge in [-0.3, -0.25) is 4.90 Å². The zero-order chi connectivity index (χ0) is 12.7. The smallest absolute Gasteiger partial charge is 0.0452 e. The van der Waals surface area contributed by atoms with E-state index < -0.39 is 0 Å². The second kappa shape index (κ2) is 8.36. The van der Waals surface area contributed by atoms with Crippen LogP contribution in [-0.4, -0.2) is 23.3 Å². The van der Waals surface area contributed by atoms with Crippen LogP contribution in [0.15, 0.2) is 18.2 Å². The van der Waals surface area contributed by atoms with Gasteiger partial charge in [0, 0.05) is 28.5 Å². The Balaban J connectivity index is 2.67. The molecule has 0 atom stereocenters. The number of halogens is 3. The Bertz CT molecular complexity index is 344. The van der Waals surface area contributed by atoms with Gasteiger partial charge in [-0.2, -0.15) is 0 Å². The highest BCUT2D eigenvalue weighted by atomic mass is 79.9. The molecule has 0 bridgehead atoms. The molecule has 0 amide bonds. The first-order chi connectivity index (χ1) is 8.17. The Morgan fingerprint density at radius 3 is 2.65 bits per heavy atom. The van der Waals surface area contributed by atoms with Crippen LogP contribution in [0.25, 0.3) is 0 Å². The molecule has 0 aliphatic rings. The van der Waals surface area contributed by atoms with Crippen LogP contribution >= 0.6 is 39.1 Å². The third kappa shape index (κ3) is 5.60. The average Bonchev–Trinajstić information content (AvgIpc) is 2.31. The van der Waals surface area contributed by atoms with Gasteiger partial charge in [0.15, 0.2) is 0 Å². The summed E-state index contributed by atoms with van der Waals surface area (Å²) in [4.78, 5) is 2.40. The second-order valence-electron chi connectivity index (χ2n) is 4.05.